The molecule has 0 N–H and O–H groups in total. The van der Waals surface area contributed by atoms with E-state index in [4.69, 9.17) is 4.74 Å². The standard InChI is InChI=1S/C13H12BrNO2S/c1-3-17-13(16)11-7-18-12(15-11)10-5-4-9(14)6-8(10)2/h4-7H,3H2,1-2H3. The maximum absolute atomic E-state index is 11.5. The average molecular weight is 326 g/mol. The van der Waals surface area contributed by atoms with E-state index in [1.165, 1.54) is 11.3 Å². The van der Waals surface area contributed by atoms with Gasteiger partial charge in [-0.3, -0.25) is 0 Å². The number of halogens is 1. The van der Waals surface area contributed by atoms with Gasteiger partial charge in [0.2, 0.25) is 0 Å². The first-order valence-electron chi connectivity index (χ1n) is 5.51. The van der Waals surface area contributed by atoms with Crippen LogP contribution in [0, 0.1) is 6.92 Å². The van der Waals surface area contributed by atoms with E-state index in [0.29, 0.717) is 12.3 Å². The van der Waals surface area contributed by atoms with E-state index in [2.05, 4.69) is 20.9 Å². The summed E-state index contributed by atoms with van der Waals surface area (Å²) in [5, 5.41) is 2.57. The van der Waals surface area contributed by atoms with Gasteiger partial charge in [0.1, 0.15) is 5.01 Å². The van der Waals surface area contributed by atoms with E-state index in [1.807, 2.05) is 25.1 Å². The van der Waals surface area contributed by atoms with Crippen LogP contribution in [-0.2, 0) is 4.74 Å². The predicted molar refractivity (Wildman–Crippen MR) is 75.9 cm³/mol. The Balaban J connectivity index is 2.32. The Morgan fingerprint density at radius 1 is 1.50 bits per heavy atom. The summed E-state index contributed by atoms with van der Waals surface area (Å²) in [5.41, 5.74) is 2.53. The molecule has 1 heterocycles. The maximum atomic E-state index is 11.5. The number of benzene rings is 1. The Morgan fingerprint density at radius 2 is 2.28 bits per heavy atom. The molecule has 1 aromatic heterocycles. The number of carbonyl (C=O) groups is 1. The topological polar surface area (TPSA) is 39.2 Å². The zero-order valence-corrected chi connectivity index (χ0v) is 12.5. The zero-order valence-electron chi connectivity index (χ0n) is 10.1. The van der Waals surface area contributed by atoms with Gasteiger partial charge in [-0.2, -0.15) is 0 Å². The lowest BCUT2D eigenvalue weighted by atomic mass is 10.1. The molecule has 94 valence electrons. The lowest BCUT2D eigenvalue weighted by molar-refractivity contribution is 0.0520. The van der Waals surface area contributed by atoms with E-state index in [-0.39, 0.29) is 5.97 Å². The molecule has 2 rings (SSSR count). The maximum Gasteiger partial charge on any atom is 0.357 e. The Morgan fingerprint density at radius 3 is 2.94 bits per heavy atom. The number of hydrogen-bond donors (Lipinski definition) is 0. The van der Waals surface area contributed by atoms with Crippen molar-refractivity contribution in [3.05, 3.63) is 39.3 Å². The molecule has 0 aliphatic heterocycles. The fraction of sp³-hybridized carbons (Fsp3) is 0.231. The van der Waals surface area contributed by atoms with E-state index in [1.54, 1.807) is 12.3 Å². The van der Waals surface area contributed by atoms with Crippen molar-refractivity contribution in [2.45, 2.75) is 13.8 Å². The molecular formula is C13H12BrNO2S. The van der Waals surface area contributed by atoms with Crippen molar-refractivity contribution < 1.29 is 9.53 Å². The van der Waals surface area contributed by atoms with E-state index < -0.39 is 0 Å². The highest BCUT2D eigenvalue weighted by Crippen LogP contribution is 2.28. The molecule has 18 heavy (non-hydrogen) atoms. The summed E-state index contributed by atoms with van der Waals surface area (Å²) < 4.78 is 5.96. The molecule has 0 radical (unpaired) electrons. The lowest BCUT2D eigenvalue weighted by Crippen LogP contribution is -2.04. The molecule has 0 atom stereocenters. The molecule has 1 aromatic carbocycles. The number of aromatic nitrogens is 1. The van der Waals surface area contributed by atoms with Gasteiger partial charge in [0.05, 0.1) is 6.61 Å². The van der Waals surface area contributed by atoms with Crippen LogP contribution in [0.1, 0.15) is 23.0 Å². The second-order valence-corrected chi connectivity index (χ2v) is 5.49. The molecule has 0 bridgehead atoms. The number of hydrogen-bond acceptors (Lipinski definition) is 4. The number of ether oxygens (including phenoxy) is 1. The van der Waals surface area contributed by atoms with Crippen LogP contribution in [0.2, 0.25) is 0 Å². The molecule has 5 heteroatoms. The molecule has 0 saturated heterocycles. The van der Waals surface area contributed by atoms with Gasteiger partial charge >= 0.3 is 5.97 Å². The van der Waals surface area contributed by atoms with Gasteiger partial charge in [0.25, 0.3) is 0 Å². The van der Waals surface area contributed by atoms with Crippen molar-refractivity contribution >= 4 is 33.2 Å². The molecule has 0 amide bonds. The Bertz CT molecular complexity index is 580. The fourth-order valence-corrected chi connectivity index (χ4v) is 2.92. The summed E-state index contributed by atoms with van der Waals surface area (Å²) >= 11 is 4.88. The predicted octanol–water partition coefficient (Wildman–Crippen LogP) is 4.06. The highest BCUT2D eigenvalue weighted by Gasteiger charge is 2.13. The highest BCUT2D eigenvalue weighted by molar-refractivity contribution is 9.10. The summed E-state index contributed by atoms with van der Waals surface area (Å²) in [6, 6.07) is 5.99. The third kappa shape index (κ3) is 2.79. The van der Waals surface area contributed by atoms with Gasteiger partial charge in [0.15, 0.2) is 5.69 Å². The van der Waals surface area contributed by atoms with Gasteiger partial charge in [-0.15, -0.1) is 11.3 Å². The Hall–Kier alpha value is -1.20. The first kappa shape index (κ1) is 13.2. The third-order valence-electron chi connectivity index (χ3n) is 2.41. The van der Waals surface area contributed by atoms with Crippen LogP contribution in [0.3, 0.4) is 0 Å². The quantitative estimate of drug-likeness (QED) is 0.799. The zero-order chi connectivity index (χ0) is 13.1. The summed E-state index contributed by atoms with van der Waals surface area (Å²) in [7, 11) is 0. The Kier molecular flexibility index (Phi) is 4.14. The van der Waals surface area contributed by atoms with Crippen molar-refractivity contribution in [3.63, 3.8) is 0 Å². The van der Waals surface area contributed by atoms with Crippen LogP contribution < -0.4 is 0 Å². The molecule has 3 nitrogen and oxygen atoms in total. The van der Waals surface area contributed by atoms with Crippen molar-refractivity contribution in [1.82, 2.24) is 4.98 Å². The van der Waals surface area contributed by atoms with E-state index in [0.717, 1.165) is 20.6 Å². The summed E-state index contributed by atoms with van der Waals surface area (Å²) in [6.07, 6.45) is 0. The van der Waals surface area contributed by atoms with Crippen LogP contribution in [0.4, 0.5) is 0 Å². The van der Waals surface area contributed by atoms with Gasteiger partial charge in [-0.25, -0.2) is 9.78 Å². The number of thiazole rings is 1. The van der Waals surface area contributed by atoms with E-state index in [9.17, 15) is 4.79 Å². The number of aryl methyl sites for hydroxylation is 1. The number of nitrogens with zero attached hydrogens (tertiary/aromatic N) is 1. The lowest BCUT2D eigenvalue weighted by Gasteiger charge is -2.02. The van der Waals surface area contributed by atoms with Crippen LogP contribution in [-0.4, -0.2) is 17.6 Å². The van der Waals surface area contributed by atoms with Crippen LogP contribution in [0.5, 0.6) is 0 Å². The van der Waals surface area contributed by atoms with Gasteiger partial charge < -0.3 is 4.74 Å². The minimum absolute atomic E-state index is 0.364. The highest BCUT2D eigenvalue weighted by atomic mass is 79.9. The van der Waals surface area contributed by atoms with Crippen LogP contribution in [0.25, 0.3) is 10.6 Å². The molecule has 2 aromatic rings. The minimum atomic E-state index is -0.366. The fourth-order valence-electron chi connectivity index (χ4n) is 1.56. The van der Waals surface area contributed by atoms with Crippen LogP contribution >= 0.6 is 27.3 Å². The molecule has 0 saturated carbocycles. The monoisotopic (exact) mass is 325 g/mol. The second-order valence-electron chi connectivity index (χ2n) is 3.72. The molecule has 0 fully saturated rings. The number of esters is 1. The first-order valence-corrected chi connectivity index (χ1v) is 7.18. The van der Waals surface area contributed by atoms with Gasteiger partial charge in [-0.05, 0) is 31.5 Å². The SMILES string of the molecule is CCOC(=O)c1csc(-c2ccc(Br)cc2C)n1. The largest absolute Gasteiger partial charge is 0.461 e. The minimum Gasteiger partial charge on any atom is -0.461 e. The van der Waals surface area contributed by atoms with Crippen molar-refractivity contribution in [2.75, 3.05) is 6.61 Å². The molecule has 0 spiro atoms. The van der Waals surface area contributed by atoms with Crippen molar-refractivity contribution in [2.24, 2.45) is 0 Å². The summed E-state index contributed by atoms with van der Waals surface area (Å²) in [4.78, 5) is 15.9. The van der Waals surface area contributed by atoms with E-state index >= 15 is 0 Å². The normalized spacial score (nSPS) is 10.4. The Labute approximate surface area is 118 Å². The first-order chi connectivity index (χ1) is 8.61. The third-order valence-corrected chi connectivity index (χ3v) is 3.78. The van der Waals surface area contributed by atoms with Gasteiger partial charge in [0, 0.05) is 15.4 Å². The number of rotatable bonds is 3. The van der Waals surface area contributed by atoms with Crippen molar-refractivity contribution in [3.8, 4) is 10.6 Å². The average Bonchev–Trinajstić information content (AvgIpc) is 2.78. The smallest absolute Gasteiger partial charge is 0.357 e. The molecule has 0 aliphatic carbocycles. The van der Waals surface area contributed by atoms with Crippen LogP contribution in [0.15, 0.2) is 28.1 Å². The van der Waals surface area contributed by atoms with Crippen molar-refractivity contribution in [1.29, 1.82) is 0 Å². The molecular weight excluding hydrogens is 314 g/mol. The van der Waals surface area contributed by atoms with Gasteiger partial charge in [-0.1, -0.05) is 22.0 Å². The number of carbonyl (C=O) groups excluding carboxylic acids is 1. The summed E-state index contributed by atoms with van der Waals surface area (Å²) in [5.74, 6) is -0.366. The second kappa shape index (κ2) is 5.63. The summed E-state index contributed by atoms with van der Waals surface area (Å²) in [6.45, 7) is 4.17. The molecule has 0 aliphatic rings. The molecule has 0 unspecified atom stereocenters.